The number of carbonyl (C=O) groups excluding carboxylic acids is 3. The Hall–Kier alpha value is -1.37. The molecule has 1 saturated heterocycles. The van der Waals surface area contributed by atoms with Crippen LogP contribution in [-0.2, 0) is 47.3 Å². The summed E-state index contributed by atoms with van der Waals surface area (Å²) in [5, 5.41) is 2.50. The SMILES string of the molecule is CC(C)(C)C(=O)OCO[P+]1(O)OCC(C)(C)[C@H](C(=O)NCCC(=O)OCCS(C)(=O)=O)O1. The molecule has 0 bridgehead atoms. The predicted octanol–water partition coefficient (Wildman–Crippen LogP) is 0.755. The Labute approximate surface area is 188 Å². The average molecular weight is 502 g/mol. The lowest BCUT2D eigenvalue weighted by molar-refractivity contribution is -0.165. The first-order valence-corrected chi connectivity index (χ1v) is 13.4. The van der Waals surface area contributed by atoms with Crippen LogP contribution in [0, 0.1) is 10.8 Å². The van der Waals surface area contributed by atoms with Gasteiger partial charge in [0, 0.05) is 18.2 Å². The van der Waals surface area contributed by atoms with Gasteiger partial charge in [0.25, 0.3) is 5.91 Å². The van der Waals surface area contributed by atoms with Crippen LogP contribution in [-0.4, -0.2) is 75.8 Å². The van der Waals surface area contributed by atoms with Crippen LogP contribution >= 0.6 is 8.17 Å². The second-order valence-corrected chi connectivity index (χ2v) is 13.0. The molecule has 0 aromatic carbocycles. The molecule has 2 atom stereocenters. The van der Waals surface area contributed by atoms with Gasteiger partial charge in [-0.1, -0.05) is 13.8 Å². The topological polar surface area (TPSA) is 164 Å². The van der Waals surface area contributed by atoms with Gasteiger partial charge in [0.15, 0.2) is 15.9 Å². The van der Waals surface area contributed by atoms with E-state index in [1.807, 2.05) is 0 Å². The molecular weight excluding hydrogens is 469 g/mol. The third-order valence-electron chi connectivity index (χ3n) is 4.15. The third kappa shape index (κ3) is 10.1. The fourth-order valence-electron chi connectivity index (χ4n) is 2.22. The summed E-state index contributed by atoms with van der Waals surface area (Å²) >= 11 is 0. The standard InChI is InChI=1S/C18H32NO11PS/c1-17(2,3)16(22)27-12-29-31(23)28-11-18(4,5)14(30-31)15(21)19-8-7-13(20)26-9-10-32(6,24)25/h14,23H,7-12H2,1-6H3/p+1/t14-,31?/m0/s1. The monoisotopic (exact) mass is 502 g/mol. The van der Waals surface area contributed by atoms with Crippen molar-refractivity contribution < 1.29 is 50.7 Å². The van der Waals surface area contributed by atoms with Gasteiger partial charge >= 0.3 is 20.1 Å². The summed E-state index contributed by atoms with van der Waals surface area (Å²) in [7, 11) is -7.18. The maximum absolute atomic E-state index is 12.6. The van der Waals surface area contributed by atoms with Crippen LogP contribution in [0.4, 0.5) is 0 Å². The fourth-order valence-corrected chi connectivity index (χ4v) is 4.13. The summed E-state index contributed by atoms with van der Waals surface area (Å²) in [5.74, 6) is -2.13. The molecule has 0 aliphatic carbocycles. The van der Waals surface area contributed by atoms with E-state index in [4.69, 9.17) is 23.0 Å². The molecule has 1 rings (SSSR count). The summed E-state index contributed by atoms with van der Waals surface area (Å²) < 4.78 is 47.5. The van der Waals surface area contributed by atoms with Crippen LogP contribution in [0.25, 0.3) is 0 Å². The van der Waals surface area contributed by atoms with Crippen molar-refractivity contribution in [2.24, 2.45) is 10.8 Å². The molecule has 1 fully saturated rings. The number of hydrogen-bond donors (Lipinski definition) is 2. The van der Waals surface area contributed by atoms with Crippen molar-refractivity contribution >= 4 is 35.9 Å². The smallest absolute Gasteiger partial charge is 0.465 e. The minimum Gasteiger partial charge on any atom is -0.465 e. The second kappa shape index (κ2) is 11.2. The van der Waals surface area contributed by atoms with Crippen LogP contribution in [0.5, 0.6) is 0 Å². The van der Waals surface area contributed by atoms with Crippen molar-refractivity contribution in [3.05, 3.63) is 0 Å². The number of ether oxygens (including phenoxy) is 2. The molecule has 0 radical (unpaired) electrons. The number of nitrogens with one attached hydrogen (secondary N) is 1. The Bertz CT molecular complexity index is 793. The summed E-state index contributed by atoms with van der Waals surface area (Å²) in [5.41, 5.74) is -1.60. The minimum atomic E-state index is -3.93. The number of amides is 1. The van der Waals surface area contributed by atoms with Gasteiger partial charge in [-0.15, -0.1) is 9.05 Å². The summed E-state index contributed by atoms with van der Waals surface area (Å²) in [6, 6.07) is 0. The highest BCUT2D eigenvalue weighted by Gasteiger charge is 2.59. The molecule has 12 nitrogen and oxygen atoms in total. The number of hydrogen-bond acceptors (Lipinski definition) is 11. The molecule has 1 aliphatic rings. The molecule has 1 amide bonds. The van der Waals surface area contributed by atoms with Gasteiger partial charge < -0.3 is 14.8 Å². The van der Waals surface area contributed by atoms with Gasteiger partial charge in [0.1, 0.15) is 13.2 Å². The average Bonchev–Trinajstić information content (AvgIpc) is 2.62. The molecule has 1 aliphatic heterocycles. The van der Waals surface area contributed by atoms with Gasteiger partial charge in [0.05, 0.1) is 17.6 Å². The second-order valence-electron chi connectivity index (χ2n) is 9.04. The van der Waals surface area contributed by atoms with E-state index in [2.05, 4.69) is 5.32 Å². The Balaban J connectivity index is 2.54. The van der Waals surface area contributed by atoms with E-state index in [-0.39, 0.29) is 31.9 Å². The van der Waals surface area contributed by atoms with E-state index in [9.17, 15) is 27.7 Å². The quantitative estimate of drug-likeness (QED) is 0.246. The highest BCUT2D eigenvalue weighted by atomic mass is 32.2. The minimum absolute atomic E-state index is 0.0733. The predicted molar refractivity (Wildman–Crippen MR) is 114 cm³/mol. The van der Waals surface area contributed by atoms with E-state index < -0.39 is 59.6 Å². The molecular formula is C18H33NO11PS+. The first-order chi connectivity index (χ1) is 14.5. The Morgan fingerprint density at radius 2 is 1.84 bits per heavy atom. The molecule has 32 heavy (non-hydrogen) atoms. The van der Waals surface area contributed by atoms with Crippen LogP contribution in [0.1, 0.15) is 41.0 Å². The zero-order valence-corrected chi connectivity index (χ0v) is 20.9. The number of rotatable bonds is 10. The highest BCUT2D eigenvalue weighted by Crippen LogP contribution is 2.63. The number of carbonyl (C=O) groups is 3. The van der Waals surface area contributed by atoms with Gasteiger partial charge in [-0.2, -0.15) is 9.42 Å². The van der Waals surface area contributed by atoms with Crippen molar-refractivity contribution in [1.82, 2.24) is 5.32 Å². The maximum atomic E-state index is 12.6. The van der Waals surface area contributed by atoms with Crippen molar-refractivity contribution in [3.63, 3.8) is 0 Å². The maximum Gasteiger partial charge on any atom is 0.576 e. The van der Waals surface area contributed by atoms with Crippen molar-refractivity contribution in [2.75, 3.05) is 38.6 Å². The van der Waals surface area contributed by atoms with Gasteiger partial charge in [-0.3, -0.25) is 14.4 Å². The summed E-state index contributed by atoms with van der Waals surface area (Å²) in [6.45, 7) is 7.26. The normalized spacial score (nSPS) is 23.3. The van der Waals surface area contributed by atoms with Crippen molar-refractivity contribution in [3.8, 4) is 0 Å². The molecule has 0 aromatic heterocycles. The summed E-state index contributed by atoms with van der Waals surface area (Å²) in [6.07, 6.45) is -0.328. The molecule has 14 heteroatoms. The number of sulfone groups is 1. The zero-order valence-electron chi connectivity index (χ0n) is 19.2. The third-order valence-corrected chi connectivity index (χ3v) is 6.42. The van der Waals surface area contributed by atoms with Crippen LogP contribution < -0.4 is 5.32 Å². The van der Waals surface area contributed by atoms with Gasteiger partial charge in [0.2, 0.25) is 6.79 Å². The van der Waals surface area contributed by atoms with Crippen LogP contribution in [0.2, 0.25) is 0 Å². The Morgan fingerprint density at radius 3 is 2.41 bits per heavy atom. The molecule has 1 heterocycles. The Morgan fingerprint density at radius 1 is 1.22 bits per heavy atom. The lowest BCUT2D eigenvalue weighted by Gasteiger charge is -2.36. The lowest BCUT2D eigenvalue weighted by atomic mass is 9.87. The first kappa shape index (κ1) is 28.7. The molecule has 186 valence electrons. The van der Waals surface area contributed by atoms with Crippen molar-refractivity contribution in [1.29, 1.82) is 0 Å². The van der Waals surface area contributed by atoms with E-state index in [1.165, 1.54) is 0 Å². The van der Waals surface area contributed by atoms with Gasteiger partial charge in [-0.25, -0.2) is 8.42 Å². The molecule has 0 saturated carbocycles. The van der Waals surface area contributed by atoms with E-state index >= 15 is 0 Å². The summed E-state index contributed by atoms with van der Waals surface area (Å²) in [4.78, 5) is 46.5. The first-order valence-electron chi connectivity index (χ1n) is 9.83. The Kier molecular flexibility index (Phi) is 10.0. The lowest BCUT2D eigenvalue weighted by Crippen LogP contribution is -2.50. The highest BCUT2D eigenvalue weighted by molar-refractivity contribution is 7.90. The van der Waals surface area contributed by atoms with Crippen molar-refractivity contribution in [2.45, 2.75) is 47.1 Å². The van der Waals surface area contributed by atoms with E-state index in [1.54, 1.807) is 34.6 Å². The molecule has 2 N–H and O–H groups in total. The van der Waals surface area contributed by atoms with E-state index in [0.29, 0.717) is 0 Å². The van der Waals surface area contributed by atoms with Crippen LogP contribution in [0.15, 0.2) is 0 Å². The van der Waals surface area contributed by atoms with E-state index in [0.717, 1.165) is 6.26 Å². The largest absolute Gasteiger partial charge is 0.576 e. The molecule has 1 unspecified atom stereocenters. The molecule has 0 aromatic rings. The van der Waals surface area contributed by atoms with Crippen LogP contribution in [0.3, 0.4) is 0 Å². The molecule has 0 spiro atoms. The fraction of sp³-hybridized carbons (Fsp3) is 0.833. The zero-order chi connectivity index (χ0) is 24.8. The van der Waals surface area contributed by atoms with Gasteiger partial charge in [-0.05, 0) is 20.8 Å². The number of esters is 2.